The highest BCUT2D eigenvalue weighted by Gasteiger charge is 1.99. The van der Waals surface area contributed by atoms with Gasteiger partial charge in [0.05, 0.1) is 0 Å². The number of allylic oxidation sites excluding steroid dienone is 2. The molecule has 1 nitrogen and oxygen atoms in total. The minimum atomic E-state index is -0.579. The summed E-state index contributed by atoms with van der Waals surface area (Å²) in [6.45, 7) is 6.20. The van der Waals surface area contributed by atoms with Gasteiger partial charge >= 0.3 is 0 Å². The molecule has 0 amide bonds. The average molecular weight is 152 g/mol. The molecule has 1 N–H and O–H groups in total. The first kappa shape index (κ1) is 10.3. The molecule has 0 spiro atoms. The fourth-order valence-corrected chi connectivity index (χ4v) is 0.687. The van der Waals surface area contributed by atoms with Gasteiger partial charge in [-0.05, 0) is 33.6 Å². The van der Waals surface area contributed by atoms with Gasteiger partial charge in [-0.15, -0.1) is 6.42 Å². The third-order valence-corrected chi connectivity index (χ3v) is 1.84. The van der Waals surface area contributed by atoms with Crippen molar-refractivity contribution in [1.82, 2.24) is 0 Å². The van der Waals surface area contributed by atoms with Gasteiger partial charge in [-0.2, -0.15) is 0 Å². The van der Waals surface area contributed by atoms with E-state index in [0.717, 1.165) is 6.42 Å². The van der Waals surface area contributed by atoms with Crippen LogP contribution in [0.25, 0.3) is 0 Å². The molecule has 0 aliphatic rings. The molecule has 11 heavy (non-hydrogen) atoms. The highest BCUT2D eigenvalue weighted by molar-refractivity contribution is 5.07. The fraction of sp³-hybridized carbons (Fsp3) is 0.600. The molecule has 0 radical (unpaired) electrons. The minimum absolute atomic E-state index is 0.579. The summed E-state index contributed by atoms with van der Waals surface area (Å²) in [4.78, 5) is 0. The van der Waals surface area contributed by atoms with Crippen LogP contribution in [0.1, 0.15) is 33.6 Å². The zero-order chi connectivity index (χ0) is 8.85. The molecule has 62 valence electrons. The van der Waals surface area contributed by atoms with Gasteiger partial charge in [0.25, 0.3) is 0 Å². The monoisotopic (exact) mass is 152 g/mol. The highest BCUT2D eigenvalue weighted by Crippen LogP contribution is 2.10. The van der Waals surface area contributed by atoms with E-state index >= 15 is 0 Å². The summed E-state index contributed by atoms with van der Waals surface area (Å²) in [7, 11) is 0. The Morgan fingerprint density at radius 3 is 2.36 bits per heavy atom. The molecule has 0 aliphatic carbocycles. The predicted octanol–water partition coefficient (Wildman–Crippen LogP) is 2.12. The topological polar surface area (TPSA) is 20.2 Å². The van der Waals surface area contributed by atoms with Crippen LogP contribution < -0.4 is 0 Å². The maximum Gasteiger partial charge on any atom is 0.114 e. The van der Waals surface area contributed by atoms with Crippen molar-refractivity contribution in [1.29, 1.82) is 0 Å². The van der Waals surface area contributed by atoms with Crippen LogP contribution in [0.5, 0.6) is 0 Å². The maximum atomic E-state index is 9.03. The number of hydrogen-bond acceptors (Lipinski definition) is 1. The molecule has 0 saturated carbocycles. The van der Waals surface area contributed by atoms with Crippen molar-refractivity contribution in [2.75, 3.05) is 0 Å². The summed E-state index contributed by atoms with van der Waals surface area (Å²) < 4.78 is 0. The summed E-state index contributed by atoms with van der Waals surface area (Å²) in [5.41, 5.74) is 2.63. The van der Waals surface area contributed by atoms with Crippen molar-refractivity contribution in [3.63, 3.8) is 0 Å². The lowest BCUT2D eigenvalue weighted by molar-refractivity contribution is 0.222. The summed E-state index contributed by atoms with van der Waals surface area (Å²) >= 11 is 0. The Bertz CT molecular complexity index is 180. The Labute approximate surface area is 69.1 Å². The molecular formula is C10H16O. The van der Waals surface area contributed by atoms with Crippen molar-refractivity contribution >= 4 is 0 Å². The van der Waals surface area contributed by atoms with E-state index in [1.807, 2.05) is 0 Å². The minimum Gasteiger partial charge on any atom is -0.380 e. The maximum absolute atomic E-state index is 9.03. The highest BCUT2D eigenvalue weighted by atomic mass is 16.3. The van der Waals surface area contributed by atoms with Gasteiger partial charge in [0.1, 0.15) is 6.10 Å². The third kappa shape index (κ3) is 4.64. The molecule has 0 fully saturated rings. The number of terminal acetylenes is 1. The van der Waals surface area contributed by atoms with Gasteiger partial charge in [-0.3, -0.25) is 0 Å². The molecule has 0 aliphatic heterocycles. The van der Waals surface area contributed by atoms with E-state index in [2.05, 4.69) is 26.7 Å². The van der Waals surface area contributed by atoms with E-state index in [1.54, 1.807) is 0 Å². The Hall–Kier alpha value is -0.740. The summed E-state index contributed by atoms with van der Waals surface area (Å²) in [5.74, 6) is 2.29. The predicted molar refractivity (Wildman–Crippen MR) is 48.1 cm³/mol. The molecule has 1 atom stereocenters. The zero-order valence-electron chi connectivity index (χ0n) is 7.52. The standard InChI is InChI=1S/C10H16O/c1-5-10(11)7-6-9(4)8(2)3/h1,10-11H,6-7H2,2-4H3. The second kappa shape index (κ2) is 4.98. The Morgan fingerprint density at radius 2 is 2.00 bits per heavy atom. The van der Waals surface area contributed by atoms with Crippen molar-refractivity contribution < 1.29 is 5.11 Å². The van der Waals surface area contributed by atoms with Crippen LogP contribution in [0.15, 0.2) is 11.1 Å². The van der Waals surface area contributed by atoms with E-state index in [4.69, 9.17) is 11.5 Å². The number of rotatable bonds is 3. The van der Waals surface area contributed by atoms with Crippen molar-refractivity contribution in [3.05, 3.63) is 11.1 Å². The molecular weight excluding hydrogens is 136 g/mol. The number of aliphatic hydroxyl groups excluding tert-OH is 1. The van der Waals surface area contributed by atoms with Crippen molar-refractivity contribution in [2.45, 2.75) is 39.7 Å². The Kier molecular flexibility index (Phi) is 4.65. The van der Waals surface area contributed by atoms with Gasteiger partial charge in [0, 0.05) is 0 Å². The molecule has 0 aromatic carbocycles. The Morgan fingerprint density at radius 1 is 1.45 bits per heavy atom. The first-order chi connectivity index (χ1) is 5.07. The molecule has 0 heterocycles. The van der Waals surface area contributed by atoms with Crippen LogP contribution >= 0.6 is 0 Å². The quantitative estimate of drug-likeness (QED) is 0.485. The van der Waals surface area contributed by atoms with Crippen LogP contribution in [-0.2, 0) is 0 Å². The molecule has 0 aromatic heterocycles. The van der Waals surface area contributed by atoms with Gasteiger partial charge in [0.2, 0.25) is 0 Å². The lowest BCUT2D eigenvalue weighted by atomic mass is 10.1. The van der Waals surface area contributed by atoms with E-state index in [-0.39, 0.29) is 0 Å². The first-order valence-electron chi connectivity index (χ1n) is 3.85. The third-order valence-electron chi connectivity index (χ3n) is 1.84. The molecule has 1 heteroatoms. The van der Waals surface area contributed by atoms with E-state index in [9.17, 15) is 0 Å². The molecule has 0 aromatic rings. The number of aliphatic hydroxyl groups is 1. The van der Waals surface area contributed by atoms with E-state index in [1.165, 1.54) is 11.1 Å². The summed E-state index contributed by atoms with van der Waals surface area (Å²) in [6, 6.07) is 0. The number of hydrogen-bond donors (Lipinski definition) is 1. The zero-order valence-corrected chi connectivity index (χ0v) is 7.52. The Balaban J connectivity index is 3.74. The van der Waals surface area contributed by atoms with Crippen LogP contribution in [0.2, 0.25) is 0 Å². The van der Waals surface area contributed by atoms with Crippen molar-refractivity contribution in [3.8, 4) is 12.3 Å². The largest absolute Gasteiger partial charge is 0.380 e. The van der Waals surface area contributed by atoms with Gasteiger partial charge in [-0.25, -0.2) is 0 Å². The van der Waals surface area contributed by atoms with Crippen LogP contribution in [0, 0.1) is 12.3 Å². The lowest BCUT2D eigenvalue weighted by Gasteiger charge is -2.04. The summed E-state index contributed by atoms with van der Waals surface area (Å²) in [6.07, 6.45) is 6.01. The van der Waals surface area contributed by atoms with E-state index < -0.39 is 6.10 Å². The van der Waals surface area contributed by atoms with Gasteiger partial charge in [-0.1, -0.05) is 17.1 Å². The first-order valence-corrected chi connectivity index (χ1v) is 3.85. The fourth-order valence-electron chi connectivity index (χ4n) is 0.687. The normalized spacial score (nSPS) is 11.9. The van der Waals surface area contributed by atoms with Gasteiger partial charge < -0.3 is 5.11 Å². The molecule has 1 unspecified atom stereocenters. The van der Waals surface area contributed by atoms with E-state index in [0.29, 0.717) is 6.42 Å². The lowest BCUT2D eigenvalue weighted by Crippen LogP contribution is -2.02. The van der Waals surface area contributed by atoms with Crippen LogP contribution in [-0.4, -0.2) is 11.2 Å². The molecule has 0 saturated heterocycles. The SMILES string of the molecule is C#CC(O)CCC(C)=C(C)C. The average Bonchev–Trinajstić information content (AvgIpc) is 1.99. The van der Waals surface area contributed by atoms with Crippen LogP contribution in [0.3, 0.4) is 0 Å². The van der Waals surface area contributed by atoms with Crippen LogP contribution in [0.4, 0.5) is 0 Å². The van der Waals surface area contributed by atoms with Gasteiger partial charge in [0.15, 0.2) is 0 Å². The second-order valence-corrected chi connectivity index (χ2v) is 3.00. The van der Waals surface area contributed by atoms with Crippen molar-refractivity contribution in [2.24, 2.45) is 0 Å². The molecule has 0 bridgehead atoms. The summed E-state index contributed by atoms with van der Waals surface area (Å²) in [5, 5.41) is 9.03. The smallest absolute Gasteiger partial charge is 0.114 e. The molecule has 0 rings (SSSR count). The second-order valence-electron chi connectivity index (χ2n) is 3.00.